The molecule has 3 saturated heterocycles. The van der Waals surface area contributed by atoms with Crippen molar-refractivity contribution in [2.75, 3.05) is 26.4 Å². The maximum Gasteiger partial charge on any atom is 0.220 e. The van der Waals surface area contributed by atoms with Crippen LogP contribution < -0.4 is 5.32 Å². The highest BCUT2D eigenvalue weighted by molar-refractivity contribution is 5.76. The van der Waals surface area contributed by atoms with E-state index in [-0.39, 0.29) is 12.3 Å². The summed E-state index contributed by atoms with van der Waals surface area (Å²) in [7, 11) is 0. The first-order valence-corrected chi connectivity index (χ1v) is 32.7. The lowest BCUT2D eigenvalue weighted by Gasteiger charge is -2.48. The van der Waals surface area contributed by atoms with E-state index in [4.69, 9.17) is 28.4 Å². The second-order valence-corrected chi connectivity index (χ2v) is 22.5. The summed E-state index contributed by atoms with van der Waals surface area (Å²) in [4.78, 5) is 13.3. The Bertz CT molecular complexity index is 2250. The Balaban J connectivity index is 1.43. The van der Waals surface area contributed by atoms with Crippen molar-refractivity contribution in [3.05, 3.63) is 158 Å². The minimum Gasteiger partial charge on any atom is -0.394 e. The average molecular weight is 1270 g/mol. The third-order valence-electron chi connectivity index (χ3n) is 15.0. The van der Waals surface area contributed by atoms with Gasteiger partial charge in [0.1, 0.15) is 73.2 Å². The van der Waals surface area contributed by atoms with Crippen molar-refractivity contribution >= 4 is 5.91 Å². The molecule has 0 aromatic carbocycles. The van der Waals surface area contributed by atoms with Gasteiger partial charge in [-0.1, -0.05) is 185 Å². The van der Waals surface area contributed by atoms with Gasteiger partial charge in [-0.3, -0.25) is 4.79 Å². The molecule has 90 heavy (non-hydrogen) atoms. The van der Waals surface area contributed by atoms with E-state index in [2.05, 4.69) is 165 Å². The number of rotatable bonds is 46. The van der Waals surface area contributed by atoms with Gasteiger partial charge in [-0.2, -0.15) is 0 Å². The first-order chi connectivity index (χ1) is 43.8. The second-order valence-electron chi connectivity index (χ2n) is 22.5. The summed E-state index contributed by atoms with van der Waals surface area (Å²) in [5.41, 5.74) is 0. The van der Waals surface area contributed by atoms with Gasteiger partial charge in [0.05, 0.1) is 38.6 Å². The molecule has 508 valence electrons. The van der Waals surface area contributed by atoms with Gasteiger partial charge in [0, 0.05) is 6.42 Å². The molecule has 0 bridgehead atoms. The molecule has 19 nitrogen and oxygen atoms in total. The van der Waals surface area contributed by atoms with Gasteiger partial charge in [-0.25, -0.2) is 0 Å². The molecule has 3 heterocycles. The van der Waals surface area contributed by atoms with E-state index in [1.807, 2.05) is 0 Å². The van der Waals surface area contributed by atoms with Crippen LogP contribution in [0.15, 0.2) is 158 Å². The van der Waals surface area contributed by atoms with Gasteiger partial charge >= 0.3 is 0 Å². The highest BCUT2D eigenvalue weighted by atomic mass is 16.8. The Hall–Kier alpha value is -4.59. The predicted octanol–water partition coefficient (Wildman–Crippen LogP) is 7.76. The molecular formula is C71H111NO18. The fraction of sp³-hybridized carbons (Fsp3) is 0.620. The van der Waals surface area contributed by atoms with Crippen molar-refractivity contribution in [1.82, 2.24) is 5.32 Å². The van der Waals surface area contributed by atoms with E-state index in [1.165, 1.54) is 6.42 Å². The summed E-state index contributed by atoms with van der Waals surface area (Å²) < 4.78 is 34.2. The van der Waals surface area contributed by atoms with Gasteiger partial charge in [0.2, 0.25) is 5.91 Å². The monoisotopic (exact) mass is 1270 g/mol. The highest BCUT2D eigenvalue weighted by Crippen LogP contribution is 2.33. The molecule has 0 aliphatic carbocycles. The van der Waals surface area contributed by atoms with Crippen LogP contribution in [-0.2, 0) is 33.2 Å². The summed E-state index contributed by atoms with van der Waals surface area (Å²) in [6.07, 6.45) is 46.7. The molecule has 0 saturated carbocycles. The third-order valence-corrected chi connectivity index (χ3v) is 15.0. The molecule has 0 aromatic heterocycles. The number of amides is 1. The number of aliphatic hydroxyl groups excluding tert-OH is 11. The molecule has 19 heteroatoms. The van der Waals surface area contributed by atoms with Crippen molar-refractivity contribution in [3.8, 4) is 0 Å². The molecule has 0 spiro atoms. The van der Waals surface area contributed by atoms with Crippen LogP contribution in [0.3, 0.4) is 0 Å². The number of nitrogens with one attached hydrogen (secondary N) is 1. The lowest BCUT2D eigenvalue weighted by molar-refractivity contribution is -0.379. The molecule has 3 fully saturated rings. The van der Waals surface area contributed by atoms with Crippen LogP contribution in [-0.4, -0.2) is 193 Å². The lowest BCUT2D eigenvalue weighted by Crippen LogP contribution is -2.66. The molecule has 17 unspecified atom stereocenters. The topological polar surface area (TPSA) is 307 Å². The van der Waals surface area contributed by atoms with E-state index in [9.17, 15) is 61.0 Å². The van der Waals surface area contributed by atoms with Crippen LogP contribution in [0, 0.1) is 0 Å². The summed E-state index contributed by atoms with van der Waals surface area (Å²) in [5.74, 6) is -0.342. The number of hydrogen-bond acceptors (Lipinski definition) is 18. The summed E-state index contributed by atoms with van der Waals surface area (Å²) in [6.45, 7) is 1.45. The van der Waals surface area contributed by atoms with Crippen molar-refractivity contribution in [2.24, 2.45) is 0 Å². The molecule has 3 rings (SSSR count). The van der Waals surface area contributed by atoms with Crippen LogP contribution in [0.2, 0.25) is 0 Å². The highest BCUT2D eigenvalue weighted by Gasteiger charge is 2.53. The van der Waals surface area contributed by atoms with Crippen LogP contribution in [0.25, 0.3) is 0 Å². The first-order valence-electron chi connectivity index (χ1n) is 32.7. The predicted molar refractivity (Wildman–Crippen MR) is 350 cm³/mol. The fourth-order valence-electron chi connectivity index (χ4n) is 9.70. The van der Waals surface area contributed by atoms with Gasteiger partial charge in [-0.05, 0) is 116 Å². The zero-order valence-corrected chi connectivity index (χ0v) is 53.3. The third kappa shape index (κ3) is 32.8. The van der Waals surface area contributed by atoms with Crippen LogP contribution >= 0.6 is 0 Å². The Kier molecular flexibility index (Phi) is 45.0. The van der Waals surface area contributed by atoms with Gasteiger partial charge in [-0.15, -0.1) is 0 Å². The van der Waals surface area contributed by atoms with E-state index in [0.717, 1.165) is 109 Å². The summed E-state index contributed by atoms with van der Waals surface area (Å²) in [6, 6.07) is -1.03. The molecule has 3 aliphatic rings. The van der Waals surface area contributed by atoms with E-state index in [1.54, 1.807) is 12.2 Å². The van der Waals surface area contributed by atoms with Crippen LogP contribution in [0.5, 0.6) is 0 Å². The van der Waals surface area contributed by atoms with Crippen LogP contribution in [0.1, 0.15) is 149 Å². The van der Waals surface area contributed by atoms with Crippen LogP contribution in [0.4, 0.5) is 0 Å². The zero-order chi connectivity index (χ0) is 65.4. The summed E-state index contributed by atoms with van der Waals surface area (Å²) >= 11 is 0. The summed E-state index contributed by atoms with van der Waals surface area (Å²) in [5, 5.41) is 120. The number of carbonyl (C=O) groups excluding carboxylic acids is 1. The SMILES string of the molecule is CC/C=C\C/C=C\C/C=C\C/C=C\C/C=C\C/C=C\C/C=C\C/C=C\C/C=C\C/C=C\CCCCC(=O)NC(COC1OC(CO)C(OC2OC(CO)C(OC3OC(CO)C(O)C(O)C3O)C(O)C2O)C(O)C1O)C(O)/C=C/CC/C=C/CC/C=C/CCCC. The molecule has 17 atom stereocenters. The number of unbranched alkanes of at least 4 members (excludes halogenated alkanes) is 6. The largest absolute Gasteiger partial charge is 0.394 e. The molecule has 12 N–H and O–H groups in total. The minimum absolute atomic E-state index is 0.164. The molecular weight excluding hydrogens is 1150 g/mol. The molecule has 0 radical (unpaired) electrons. The first kappa shape index (κ1) is 79.6. The average Bonchev–Trinajstić information content (AvgIpc) is 0.864. The standard InChI is InChI=1S/C71H111NO18/c1-3-5-7-9-11-13-15-17-18-19-20-21-22-23-24-25-26-27-28-29-30-31-32-33-34-35-36-37-39-41-43-45-47-49-59(77)72-54(55(76)48-46-44-42-40-38-16-14-12-10-8-6-4-2)53-85-69-65(83)62(80)67(57(51-74)87-69)90-71-66(84)63(81)68(58(52-75)88-71)89-70-64(82)61(79)60(78)56(50-73)86-70/h5,7,10-13,17-18,20-21,23-24,26-27,29-30,32-33,35-36,38-41,46,48,54-58,60-71,73-76,78-84H,3-4,6,8-9,14-16,19,22,25,28,31,34,37,42-45,47,49-53H2,1-2H3,(H,72,77)/b7-5-,12-10+,13-11-,18-17-,21-20-,24-23-,27-26-,30-29-,33-32-,36-35-,40-38+,41-39-,48-46+. The maximum atomic E-state index is 13.3. The van der Waals surface area contributed by atoms with Crippen molar-refractivity contribution in [2.45, 2.75) is 253 Å². The number of carbonyl (C=O) groups is 1. The zero-order valence-electron chi connectivity index (χ0n) is 53.3. The smallest absolute Gasteiger partial charge is 0.220 e. The Labute approximate surface area is 535 Å². The lowest BCUT2D eigenvalue weighted by atomic mass is 9.96. The number of ether oxygens (including phenoxy) is 6. The molecule has 0 aromatic rings. The minimum atomic E-state index is -1.99. The maximum absolute atomic E-state index is 13.3. The number of aliphatic hydroxyl groups is 11. The molecule has 1 amide bonds. The Morgan fingerprint density at radius 2 is 0.767 bits per heavy atom. The van der Waals surface area contributed by atoms with Crippen molar-refractivity contribution < 1.29 is 89.4 Å². The van der Waals surface area contributed by atoms with Crippen molar-refractivity contribution in [1.29, 1.82) is 0 Å². The van der Waals surface area contributed by atoms with Crippen molar-refractivity contribution in [3.63, 3.8) is 0 Å². The van der Waals surface area contributed by atoms with Gasteiger partial charge < -0.3 is 89.9 Å². The van der Waals surface area contributed by atoms with E-state index < -0.39 is 131 Å². The Morgan fingerprint density at radius 1 is 0.411 bits per heavy atom. The normalized spacial score (nSPS) is 29.1. The Morgan fingerprint density at radius 3 is 1.20 bits per heavy atom. The quantitative estimate of drug-likeness (QED) is 0.0205. The van der Waals surface area contributed by atoms with E-state index in [0.29, 0.717) is 12.8 Å². The van der Waals surface area contributed by atoms with E-state index >= 15 is 0 Å². The number of allylic oxidation sites excluding steroid dienone is 25. The molecule has 3 aliphatic heterocycles. The second kappa shape index (κ2) is 50.9. The fourth-order valence-corrected chi connectivity index (χ4v) is 9.70. The van der Waals surface area contributed by atoms with Gasteiger partial charge in [0.25, 0.3) is 0 Å². The number of hydrogen-bond donors (Lipinski definition) is 12. The van der Waals surface area contributed by atoms with Gasteiger partial charge in [0.15, 0.2) is 18.9 Å².